The van der Waals surface area contributed by atoms with Gasteiger partial charge in [-0.25, -0.2) is 4.98 Å². The molecule has 2 heterocycles. The van der Waals surface area contributed by atoms with Crippen molar-refractivity contribution < 1.29 is 18.3 Å². The van der Waals surface area contributed by atoms with E-state index in [0.29, 0.717) is 18.0 Å². The summed E-state index contributed by atoms with van der Waals surface area (Å²) in [5, 5.41) is 3.03. The number of hydrogen-bond acceptors (Lipinski definition) is 6. The van der Waals surface area contributed by atoms with E-state index < -0.39 is 11.7 Å². The number of alkyl halides is 2. The first kappa shape index (κ1) is 19.0. The molecule has 2 aromatic heterocycles. The molecule has 1 saturated carbocycles. The highest BCUT2D eigenvalue weighted by molar-refractivity contribution is 5.63. The van der Waals surface area contributed by atoms with Crippen LogP contribution in [0.5, 0.6) is 11.6 Å². The van der Waals surface area contributed by atoms with Crippen LogP contribution in [0, 0.1) is 0 Å². The van der Waals surface area contributed by atoms with Gasteiger partial charge in [-0.2, -0.15) is 13.8 Å². The van der Waals surface area contributed by atoms with Gasteiger partial charge in [0.15, 0.2) is 5.75 Å². The molecule has 1 fully saturated rings. The fraction of sp³-hybridized carbons (Fsp3) is 0.286. The van der Waals surface area contributed by atoms with E-state index in [0.717, 1.165) is 25.3 Å². The average molecular weight is 398 g/mol. The molecule has 0 atom stereocenters. The van der Waals surface area contributed by atoms with E-state index in [1.54, 1.807) is 18.5 Å². The molecule has 0 saturated heterocycles. The minimum atomic E-state index is -3.19. The summed E-state index contributed by atoms with van der Waals surface area (Å²) in [5.74, 6) is -2.99. The van der Waals surface area contributed by atoms with Crippen molar-refractivity contribution in [2.75, 3.05) is 5.32 Å². The molecule has 1 aromatic carbocycles. The first-order valence-corrected chi connectivity index (χ1v) is 9.29. The van der Waals surface area contributed by atoms with Crippen molar-refractivity contribution in [3.05, 3.63) is 66.2 Å². The quantitative estimate of drug-likeness (QED) is 0.585. The Labute approximate surface area is 166 Å². The molecular formula is C21H20F2N4O2. The van der Waals surface area contributed by atoms with Crippen LogP contribution in [0.2, 0.25) is 0 Å². The summed E-state index contributed by atoms with van der Waals surface area (Å²) in [7, 11) is 0. The van der Waals surface area contributed by atoms with Crippen molar-refractivity contribution >= 4 is 11.5 Å². The lowest BCUT2D eigenvalue weighted by Gasteiger charge is -2.15. The highest BCUT2D eigenvalue weighted by Gasteiger charge is 2.31. The zero-order valence-electron chi connectivity index (χ0n) is 15.8. The van der Waals surface area contributed by atoms with Crippen molar-refractivity contribution in [3.63, 3.8) is 0 Å². The van der Waals surface area contributed by atoms with Crippen molar-refractivity contribution in [1.29, 1.82) is 0 Å². The highest BCUT2D eigenvalue weighted by Crippen LogP contribution is 2.33. The number of hydrogen-bond donors (Lipinski definition) is 1. The lowest BCUT2D eigenvalue weighted by molar-refractivity contribution is 0.00705. The van der Waals surface area contributed by atoms with Gasteiger partial charge in [0.2, 0.25) is 11.7 Å². The Kier molecular flexibility index (Phi) is 5.24. The molecule has 4 rings (SSSR count). The summed E-state index contributed by atoms with van der Waals surface area (Å²) in [5.41, 5.74) is 1.55. The molecule has 8 heteroatoms. The summed E-state index contributed by atoms with van der Waals surface area (Å²) < 4.78 is 39.2. The molecule has 0 spiro atoms. The van der Waals surface area contributed by atoms with Gasteiger partial charge in [0, 0.05) is 19.2 Å². The number of pyridine rings is 1. The Bertz CT molecular complexity index is 976. The number of rotatable bonds is 8. The lowest BCUT2D eigenvalue weighted by Crippen LogP contribution is -2.15. The molecule has 1 aliphatic carbocycles. The Morgan fingerprint density at radius 1 is 1.14 bits per heavy atom. The van der Waals surface area contributed by atoms with Crippen LogP contribution in [-0.4, -0.2) is 21.1 Å². The second kappa shape index (κ2) is 7.98. The fourth-order valence-corrected chi connectivity index (χ4v) is 2.57. The Morgan fingerprint density at radius 2 is 1.93 bits per heavy atom. The molecule has 29 heavy (non-hydrogen) atoms. The van der Waals surface area contributed by atoms with E-state index in [4.69, 9.17) is 9.47 Å². The third-order valence-corrected chi connectivity index (χ3v) is 4.19. The number of ether oxygens (including phenoxy) is 2. The van der Waals surface area contributed by atoms with Gasteiger partial charge in [0.1, 0.15) is 18.5 Å². The predicted octanol–water partition coefficient (Wildman–Crippen LogP) is 4.85. The second-order valence-corrected chi connectivity index (χ2v) is 6.89. The van der Waals surface area contributed by atoms with E-state index >= 15 is 0 Å². The largest absolute Gasteiger partial charge is 0.485 e. The molecule has 3 aromatic rings. The van der Waals surface area contributed by atoms with Gasteiger partial charge in [-0.05, 0) is 24.5 Å². The van der Waals surface area contributed by atoms with Gasteiger partial charge in [-0.1, -0.05) is 30.3 Å². The first-order chi connectivity index (χ1) is 14.0. The number of benzene rings is 1. The molecule has 0 radical (unpaired) electrons. The van der Waals surface area contributed by atoms with Crippen molar-refractivity contribution in [2.45, 2.75) is 38.4 Å². The van der Waals surface area contributed by atoms with Gasteiger partial charge < -0.3 is 14.8 Å². The number of nitrogens with zero attached hydrogens (tertiary/aromatic N) is 3. The molecule has 1 N–H and O–H groups in total. The lowest BCUT2D eigenvalue weighted by atomic mass is 10.2. The van der Waals surface area contributed by atoms with E-state index in [-0.39, 0.29) is 17.8 Å². The first-order valence-electron chi connectivity index (χ1n) is 9.29. The van der Waals surface area contributed by atoms with Crippen LogP contribution in [0.4, 0.5) is 20.3 Å². The number of anilines is 2. The summed E-state index contributed by atoms with van der Waals surface area (Å²) in [6.07, 6.45) is 4.96. The molecule has 0 bridgehead atoms. The molecular weight excluding hydrogens is 378 g/mol. The Morgan fingerprint density at radius 3 is 2.66 bits per heavy atom. The van der Waals surface area contributed by atoms with Gasteiger partial charge in [0.05, 0.1) is 11.9 Å². The zero-order chi connectivity index (χ0) is 20.3. The van der Waals surface area contributed by atoms with Gasteiger partial charge in [-0.15, -0.1) is 0 Å². The standard InChI is InChI=1S/C21H20F2N4O2/c1-21(22,23)20-26-18(11-19(27-20)29-15-7-8-15)25-16-9-10-24-12-17(16)28-13-14-5-3-2-4-6-14/h2-6,9-12,15H,7-8,13H2,1H3,(H,24,25,26,27). The van der Waals surface area contributed by atoms with Crippen molar-refractivity contribution in [1.82, 2.24) is 15.0 Å². The van der Waals surface area contributed by atoms with Crippen molar-refractivity contribution in [3.8, 4) is 11.6 Å². The van der Waals surface area contributed by atoms with E-state index in [9.17, 15) is 8.78 Å². The molecule has 6 nitrogen and oxygen atoms in total. The maximum atomic E-state index is 13.9. The average Bonchev–Trinajstić information content (AvgIpc) is 3.51. The predicted molar refractivity (Wildman–Crippen MR) is 104 cm³/mol. The van der Waals surface area contributed by atoms with Crippen LogP contribution in [0.25, 0.3) is 0 Å². The van der Waals surface area contributed by atoms with Gasteiger partial charge >= 0.3 is 5.92 Å². The molecule has 1 aliphatic rings. The third kappa shape index (κ3) is 5.16. The highest BCUT2D eigenvalue weighted by atomic mass is 19.3. The maximum absolute atomic E-state index is 13.9. The van der Waals surface area contributed by atoms with Gasteiger partial charge in [-0.3, -0.25) is 4.98 Å². The Balaban J connectivity index is 1.56. The van der Waals surface area contributed by atoms with Crippen LogP contribution in [0.1, 0.15) is 31.2 Å². The smallest absolute Gasteiger partial charge is 0.304 e. The zero-order valence-corrected chi connectivity index (χ0v) is 15.8. The van der Waals surface area contributed by atoms with Crippen LogP contribution < -0.4 is 14.8 Å². The van der Waals surface area contributed by atoms with Crippen LogP contribution >= 0.6 is 0 Å². The summed E-state index contributed by atoms with van der Waals surface area (Å²) >= 11 is 0. The molecule has 0 unspecified atom stereocenters. The van der Waals surface area contributed by atoms with Crippen LogP contribution in [-0.2, 0) is 12.5 Å². The fourth-order valence-electron chi connectivity index (χ4n) is 2.57. The van der Waals surface area contributed by atoms with E-state index in [1.807, 2.05) is 30.3 Å². The molecule has 0 aliphatic heterocycles. The summed E-state index contributed by atoms with van der Waals surface area (Å²) in [6.45, 7) is 1.10. The van der Waals surface area contributed by atoms with Crippen molar-refractivity contribution in [2.24, 2.45) is 0 Å². The van der Waals surface area contributed by atoms with Crippen LogP contribution in [0.15, 0.2) is 54.9 Å². The number of aromatic nitrogens is 3. The number of nitrogens with one attached hydrogen (secondary N) is 1. The topological polar surface area (TPSA) is 69.2 Å². The maximum Gasteiger partial charge on any atom is 0.304 e. The Hall–Kier alpha value is -3.29. The third-order valence-electron chi connectivity index (χ3n) is 4.19. The van der Waals surface area contributed by atoms with Gasteiger partial charge in [0.25, 0.3) is 0 Å². The van der Waals surface area contributed by atoms with Crippen LogP contribution in [0.3, 0.4) is 0 Å². The normalized spacial score (nSPS) is 13.8. The minimum absolute atomic E-state index is 0.0294. The van der Waals surface area contributed by atoms with E-state index in [2.05, 4.69) is 20.3 Å². The molecule has 150 valence electrons. The summed E-state index contributed by atoms with van der Waals surface area (Å²) in [4.78, 5) is 11.9. The minimum Gasteiger partial charge on any atom is -0.485 e. The SMILES string of the molecule is CC(F)(F)c1nc(Nc2ccncc2OCc2ccccc2)cc(OC2CC2)n1. The van der Waals surface area contributed by atoms with E-state index in [1.165, 1.54) is 6.07 Å². The summed E-state index contributed by atoms with van der Waals surface area (Å²) in [6, 6.07) is 12.9. The number of halogens is 2. The molecule has 0 amide bonds. The second-order valence-electron chi connectivity index (χ2n) is 6.89. The monoisotopic (exact) mass is 398 g/mol.